The summed E-state index contributed by atoms with van der Waals surface area (Å²) in [5, 5.41) is 0. The molecule has 0 aromatic heterocycles. The van der Waals surface area contributed by atoms with Crippen molar-refractivity contribution in [2.45, 2.75) is 0 Å². The predicted molar refractivity (Wildman–Crippen MR) is 24.4 cm³/mol. The first-order chi connectivity index (χ1) is 2.89. The van der Waals surface area contributed by atoms with Crippen molar-refractivity contribution in [1.29, 1.82) is 0 Å². The first-order valence-corrected chi connectivity index (χ1v) is 6.05. The van der Waals surface area contributed by atoms with Crippen LogP contribution < -0.4 is 37.2 Å². The molecule has 0 bridgehead atoms. The van der Waals surface area contributed by atoms with Crippen LogP contribution in [-0.4, -0.2) is 21.6 Å². The van der Waals surface area contributed by atoms with Crippen LogP contribution >= 0.6 is 0 Å². The molecule has 1 heterocycles. The standard InChI is InChI=1S/C4H3.3ClH.Sb.Zr.H/c1-3-4-2;;;;;;/h1,3-4H;3*1H;;;/q;;;;;+3;/p-3. The molecule has 0 aliphatic carbocycles. The molecule has 0 nitrogen and oxygen atoms in total. The maximum atomic E-state index is 2.35. The fourth-order valence-corrected chi connectivity index (χ4v) is 3.55. The van der Waals surface area contributed by atoms with Crippen molar-refractivity contribution in [2.75, 3.05) is 0 Å². The van der Waals surface area contributed by atoms with Crippen LogP contribution in [0.1, 0.15) is 0 Å². The van der Waals surface area contributed by atoms with Crippen LogP contribution in [0.15, 0.2) is 17.4 Å². The van der Waals surface area contributed by atoms with E-state index in [-0.39, 0.29) is 58.8 Å². The molecule has 0 aromatic carbocycles. The molecule has 1 rings (SSSR count). The van der Waals surface area contributed by atoms with Gasteiger partial charge in [0.1, 0.15) is 0 Å². The van der Waals surface area contributed by atoms with E-state index < -0.39 is 0 Å². The van der Waals surface area contributed by atoms with Crippen LogP contribution in [0.2, 0.25) is 0 Å². The van der Waals surface area contributed by atoms with Crippen molar-refractivity contribution in [1.82, 2.24) is 0 Å². The van der Waals surface area contributed by atoms with Gasteiger partial charge >= 0.3 is 63.7 Å². The van der Waals surface area contributed by atoms with Crippen LogP contribution in [0.25, 0.3) is 0 Å². The van der Waals surface area contributed by atoms with Gasteiger partial charge in [0.05, 0.1) is 0 Å². The Hall–Kier alpha value is 2.05. The van der Waals surface area contributed by atoms with Gasteiger partial charge < -0.3 is 37.2 Å². The minimum absolute atomic E-state index is 0. The second-order valence-corrected chi connectivity index (χ2v) is 9.23. The average Bonchev–Trinajstić information content (AvgIpc) is 1.86. The van der Waals surface area contributed by atoms with Gasteiger partial charge in [-0.1, -0.05) is 0 Å². The number of hydrogen-bond acceptors (Lipinski definition) is 0. The fourth-order valence-electron chi connectivity index (χ4n) is 0.330. The van der Waals surface area contributed by atoms with Crippen molar-refractivity contribution in [3.63, 3.8) is 0 Å². The van der Waals surface area contributed by atoms with Crippen LogP contribution in [0, 0.1) is 0 Å². The van der Waals surface area contributed by atoms with Gasteiger partial charge in [0.15, 0.2) is 0 Å². The first kappa shape index (κ1) is 17.2. The number of allylic oxidation sites excluding steroid dienone is 2. The Kier molecular flexibility index (Phi) is 19.2. The van der Waals surface area contributed by atoms with Gasteiger partial charge in [0.25, 0.3) is 0 Å². The van der Waals surface area contributed by atoms with E-state index in [1.165, 1.54) is 0 Å². The Bertz CT molecular complexity index is 112. The van der Waals surface area contributed by atoms with Crippen molar-refractivity contribution in [3.05, 3.63) is 17.4 Å². The van der Waals surface area contributed by atoms with E-state index >= 15 is 0 Å². The van der Waals surface area contributed by atoms with Crippen LogP contribution in [0.3, 0.4) is 0 Å². The van der Waals surface area contributed by atoms with Gasteiger partial charge in [0, 0.05) is 0 Å². The molecule has 0 saturated carbocycles. The molecule has 0 fully saturated rings. The molecule has 0 saturated heterocycles. The van der Waals surface area contributed by atoms with Gasteiger partial charge in [0.2, 0.25) is 0 Å². The van der Waals surface area contributed by atoms with Gasteiger partial charge in [-0.25, -0.2) is 0 Å². The van der Waals surface area contributed by atoms with Gasteiger partial charge in [-0.15, -0.1) is 0 Å². The SMILES string of the molecule is [Cl-].[Cl-].[Cl-].[Zr+3][C]1=CC=[CH][SbH]1. The molecule has 0 radical (unpaired) electrons. The summed E-state index contributed by atoms with van der Waals surface area (Å²) in [6.45, 7) is 0. The Balaban J connectivity index is -0.000000120. The number of hydrogen-bond donors (Lipinski definition) is 0. The molecule has 1 aliphatic heterocycles. The molecule has 5 heteroatoms. The van der Waals surface area contributed by atoms with E-state index in [9.17, 15) is 0 Å². The average molecular weight is 371 g/mol. The monoisotopic (exact) mass is 368 g/mol. The zero-order valence-corrected chi connectivity index (χ0v) is 11.9. The summed E-state index contributed by atoms with van der Waals surface area (Å²) in [4.78, 5) is 0. The van der Waals surface area contributed by atoms with Gasteiger partial charge in [-0.3, -0.25) is 0 Å². The Labute approximate surface area is 99.5 Å². The van der Waals surface area contributed by atoms with Gasteiger partial charge in [-0.05, 0) is 0 Å². The second-order valence-electron chi connectivity index (χ2n) is 1.08. The Morgan fingerprint density at radius 1 is 1.22 bits per heavy atom. The molecule has 0 N–H and O–H groups in total. The van der Waals surface area contributed by atoms with Crippen LogP contribution in [0.5, 0.6) is 0 Å². The quantitative estimate of drug-likeness (QED) is 0.371. The Morgan fingerprint density at radius 3 is 1.89 bits per heavy atom. The molecule has 50 valence electrons. The molecule has 0 unspecified atom stereocenters. The van der Waals surface area contributed by atoms with E-state index in [1.807, 2.05) is 0 Å². The normalized spacial score (nSPS) is 12.4. The fraction of sp³-hybridized carbons (Fsp3) is 0. The molecular formula is C4H4Cl3SbZr. The van der Waals surface area contributed by atoms with Crippen molar-refractivity contribution < 1.29 is 61.9 Å². The third-order valence-corrected chi connectivity index (χ3v) is 5.78. The molecule has 9 heavy (non-hydrogen) atoms. The summed E-state index contributed by atoms with van der Waals surface area (Å²) >= 11 is 1.60. The van der Waals surface area contributed by atoms with Crippen LogP contribution in [-0.2, 0) is 24.7 Å². The summed E-state index contributed by atoms with van der Waals surface area (Å²) in [6.07, 6.45) is 4.45. The molecule has 1 aliphatic rings. The third-order valence-electron chi connectivity index (χ3n) is 0.598. The van der Waals surface area contributed by atoms with Crippen molar-refractivity contribution >= 4 is 21.6 Å². The summed E-state index contributed by atoms with van der Waals surface area (Å²) in [5.41, 5.74) is 0. The summed E-state index contributed by atoms with van der Waals surface area (Å²) < 4.78 is 4.08. The first-order valence-electron chi connectivity index (χ1n) is 1.74. The zero-order chi connectivity index (χ0) is 4.41. The second kappa shape index (κ2) is 10.1. The van der Waals surface area contributed by atoms with Gasteiger partial charge in [-0.2, -0.15) is 0 Å². The van der Waals surface area contributed by atoms with E-state index in [1.54, 1.807) is 25.9 Å². The molecular weight excluding hydrogens is 367 g/mol. The van der Waals surface area contributed by atoms with Crippen molar-refractivity contribution in [3.8, 4) is 0 Å². The number of rotatable bonds is 0. The molecule has 0 aromatic rings. The topological polar surface area (TPSA) is 0 Å². The molecule has 0 amide bonds. The van der Waals surface area contributed by atoms with Crippen LogP contribution in [0.4, 0.5) is 0 Å². The third kappa shape index (κ3) is 7.95. The predicted octanol–water partition coefficient (Wildman–Crippen LogP) is -8.65. The zero-order valence-electron chi connectivity index (χ0n) is 4.37. The maximum absolute atomic E-state index is 2.35. The summed E-state index contributed by atoms with van der Waals surface area (Å²) in [7, 11) is 0. The molecule has 0 atom stereocenters. The van der Waals surface area contributed by atoms with E-state index in [2.05, 4.69) is 16.2 Å². The molecule has 0 spiro atoms. The summed E-state index contributed by atoms with van der Waals surface area (Å²) in [6, 6.07) is 0. The van der Waals surface area contributed by atoms with Crippen molar-refractivity contribution in [2.24, 2.45) is 0 Å². The Morgan fingerprint density at radius 2 is 1.78 bits per heavy atom. The summed E-state index contributed by atoms with van der Waals surface area (Å²) in [5.74, 6) is 0. The van der Waals surface area contributed by atoms with E-state index in [0.29, 0.717) is 0 Å². The van der Waals surface area contributed by atoms with E-state index in [0.717, 1.165) is 0 Å². The number of halogens is 3. The minimum atomic E-state index is -0.0400. The van der Waals surface area contributed by atoms with E-state index in [4.69, 9.17) is 0 Å².